The Morgan fingerprint density at radius 3 is 2.44 bits per heavy atom. The molecule has 0 aliphatic carbocycles. The molecule has 2 N–H and O–H groups in total. The summed E-state index contributed by atoms with van der Waals surface area (Å²) in [4.78, 5) is 1.64. The first kappa shape index (κ1) is 6.89. The minimum absolute atomic E-state index is 0. The average Bonchev–Trinajstić information content (AvgIpc) is 1.62. The molecule has 1 saturated heterocycles. The summed E-state index contributed by atoms with van der Waals surface area (Å²) in [5.41, 5.74) is 5.14. The lowest BCUT2D eigenvalue weighted by atomic mass is 10.1. The van der Waals surface area contributed by atoms with Gasteiger partial charge in [-0.05, 0) is 0 Å². The zero-order valence-electron chi connectivity index (χ0n) is 5.11. The monoisotopic (exact) mass is 138 g/mol. The van der Waals surface area contributed by atoms with Crippen molar-refractivity contribution >= 4 is 0 Å². The molecular weight excluding hydrogens is 126 g/mol. The van der Waals surface area contributed by atoms with E-state index in [0.717, 1.165) is 0 Å². The summed E-state index contributed by atoms with van der Waals surface area (Å²) in [5.74, 6) is -2.44. The standard InChI is InChI=1S/C5H10F2N2.H2/c6-5(7)3-9(4-5)2-1-8;/h1-4,8H2;1H. The van der Waals surface area contributed by atoms with E-state index in [1.807, 2.05) is 0 Å². The predicted molar refractivity (Wildman–Crippen MR) is 32.6 cm³/mol. The molecule has 0 saturated carbocycles. The summed E-state index contributed by atoms with van der Waals surface area (Å²) in [6.45, 7) is 0.847. The summed E-state index contributed by atoms with van der Waals surface area (Å²) in [6.07, 6.45) is 0. The van der Waals surface area contributed by atoms with Crippen LogP contribution in [-0.4, -0.2) is 37.0 Å². The molecule has 0 aromatic heterocycles. The normalized spacial score (nSPS) is 25.7. The molecule has 0 amide bonds. The third-order valence-electron chi connectivity index (χ3n) is 1.36. The second-order valence-corrected chi connectivity index (χ2v) is 2.36. The van der Waals surface area contributed by atoms with Crippen LogP contribution in [0.5, 0.6) is 0 Å². The van der Waals surface area contributed by atoms with Gasteiger partial charge in [0.2, 0.25) is 0 Å². The smallest absolute Gasteiger partial charge is 0.272 e. The number of hydrogen-bond acceptors (Lipinski definition) is 2. The third-order valence-corrected chi connectivity index (χ3v) is 1.36. The maximum atomic E-state index is 12.0. The molecule has 1 rings (SSSR count). The maximum Gasteiger partial charge on any atom is 0.272 e. The molecular formula is C5H12F2N2. The van der Waals surface area contributed by atoms with E-state index in [9.17, 15) is 8.78 Å². The fourth-order valence-electron chi connectivity index (χ4n) is 0.949. The molecule has 1 heterocycles. The summed E-state index contributed by atoms with van der Waals surface area (Å²) in [5, 5.41) is 0. The van der Waals surface area contributed by atoms with Crippen molar-refractivity contribution in [2.24, 2.45) is 5.73 Å². The van der Waals surface area contributed by atoms with Gasteiger partial charge in [-0.25, -0.2) is 8.78 Å². The molecule has 0 unspecified atom stereocenters. The summed E-state index contributed by atoms with van der Waals surface area (Å²) in [7, 11) is 0. The number of likely N-dealkylation sites (tertiary alicyclic amines) is 1. The van der Waals surface area contributed by atoms with Crippen molar-refractivity contribution < 1.29 is 10.2 Å². The van der Waals surface area contributed by atoms with Crippen LogP contribution < -0.4 is 5.73 Å². The van der Waals surface area contributed by atoms with E-state index in [4.69, 9.17) is 5.73 Å². The maximum absolute atomic E-state index is 12.0. The highest BCUT2D eigenvalue weighted by atomic mass is 19.3. The Balaban J connectivity index is 0.000000810. The fraction of sp³-hybridized carbons (Fsp3) is 1.00. The van der Waals surface area contributed by atoms with E-state index in [1.165, 1.54) is 0 Å². The highest BCUT2D eigenvalue weighted by Gasteiger charge is 2.42. The van der Waals surface area contributed by atoms with E-state index in [1.54, 1.807) is 4.90 Å². The summed E-state index contributed by atoms with van der Waals surface area (Å²) >= 11 is 0. The van der Waals surface area contributed by atoms with Crippen molar-refractivity contribution in [2.45, 2.75) is 5.92 Å². The Bertz CT molecular complexity index is 102. The highest BCUT2D eigenvalue weighted by molar-refractivity contribution is 4.86. The van der Waals surface area contributed by atoms with Crippen molar-refractivity contribution in [3.63, 3.8) is 0 Å². The molecule has 0 aromatic carbocycles. The Labute approximate surface area is 54.1 Å². The molecule has 9 heavy (non-hydrogen) atoms. The van der Waals surface area contributed by atoms with Gasteiger partial charge >= 0.3 is 0 Å². The van der Waals surface area contributed by atoms with Crippen molar-refractivity contribution in [3.8, 4) is 0 Å². The van der Waals surface area contributed by atoms with Gasteiger partial charge in [0.1, 0.15) is 0 Å². The van der Waals surface area contributed by atoms with E-state index in [2.05, 4.69) is 0 Å². The van der Waals surface area contributed by atoms with Gasteiger partial charge < -0.3 is 5.73 Å². The van der Waals surface area contributed by atoms with Crippen molar-refractivity contribution in [2.75, 3.05) is 26.2 Å². The van der Waals surface area contributed by atoms with E-state index < -0.39 is 5.92 Å². The van der Waals surface area contributed by atoms with Crippen LogP contribution in [0.3, 0.4) is 0 Å². The molecule has 0 aromatic rings. The second-order valence-electron chi connectivity index (χ2n) is 2.36. The molecule has 1 fully saturated rings. The number of nitrogens with two attached hydrogens (primary N) is 1. The van der Waals surface area contributed by atoms with Crippen molar-refractivity contribution in [1.29, 1.82) is 0 Å². The molecule has 0 bridgehead atoms. The second kappa shape index (κ2) is 2.19. The van der Waals surface area contributed by atoms with Gasteiger partial charge in [-0.15, -0.1) is 0 Å². The zero-order valence-corrected chi connectivity index (χ0v) is 5.11. The first-order valence-electron chi connectivity index (χ1n) is 2.94. The number of halogens is 2. The largest absolute Gasteiger partial charge is 0.329 e. The lowest BCUT2D eigenvalue weighted by molar-refractivity contribution is -0.128. The first-order chi connectivity index (χ1) is 4.14. The van der Waals surface area contributed by atoms with Crippen LogP contribution in [0.15, 0.2) is 0 Å². The quantitative estimate of drug-likeness (QED) is 0.588. The number of alkyl halides is 2. The highest BCUT2D eigenvalue weighted by Crippen LogP contribution is 2.25. The lowest BCUT2D eigenvalue weighted by Gasteiger charge is -2.38. The molecule has 0 spiro atoms. The van der Waals surface area contributed by atoms with E-state index in [-0.39, 0.29) is 14.5 Å². The summed E-state index contributed by atoms with van der Waals surface area (Å²) in [6, 6.07) is 0. The van der Waals surface area contributed by atoms with Crippen LogP contribution in [-0.2, 0) is 0 Å². The SMILES string of the molecule is NCCN1CC(F)(F)C1.[HH]. The predicted octanol–water partition coefficient (Wildman–Crippen LogP) is 0.142. The number of rotatable bonds is 2. The number of hydrogen-bond donors (Lipinski definition) is 1. The molecule has 4 heteroatoms. The lowest BCUT2D eigenvalue weighted by Crippen LogP contribution is -2.57. The minimum Gasteiger partial charge on any atom is -0.329 e. The molecule has 56 valence electrons. The average molecular weight is 138 g/mol. The van der Waals surface area contributed by atoms with Crippen molar-refractivity contribution in [1.82, 2.24) is 4.90 Å². The Kier molecular flexibility index (Phi) is 1.68. The van der Waals surface area contributed by atoms with Crippen LogP contribution in [0.4, 0.5) is 8.78 Å². The van der Waals surface area contributed by atoms with Crippen LogP contribution in [0.2, 0.25) is 0 Å². The molecule has 2 nitrogen and oxygen atoms in total. The van der Waals surface area contributed by atoms with Gasteiger partial charge in [-0.1, -0.05) is 0 Å². The fourth-order valence-corrected chi connectivity index (χ4v) is 0.949. The van der Waals surface area contributed by atoms with E-state index in [0.29, 0.717) is 13.1 Å². The van der Waals surface area contributed by atoms with Crippen LogP contribution in [0.25, 0.3) is 0 Å². The van der Waals surface area contributed by atoms with Crippen LogP contribution >= 0.6 is 0 Å². The van der Waals surface area contributed by atoms with Gasteiger partial charge in [0.15, 0.2) is 0 Å². The van der Waals surface area contributed by atoms with Gasteiger partial charge in [-0.3, -0.25) is 4.90 Å². The van der Waals surface area contributed by atoms with Gasteiger partial charge in [0.05, 0.1) is 13.1 Å². The van der Waals surface area contributed by atoms with Crippen LogP contribution in [0, 0.1) is 0 Å². The minimum atomic E-state index is -2.44. The Morgan fingerprint density at radius 2 is 2.11 bits per heavy atom. The zero-order chi connectivity index (χ0) is 6.91. The van der Waals surface area contributed by atoms with E-state index >= 15 is 0 Å². The van der Waals surface area contributed by atoms with Gasteiger partial charge in [-0.2, -0.15) is 0 Å². The molecule has 0 atom stereocenters. The van der Waals surface area contributed by atoms with Gasteiger partial charge in [0, 0.05) is 14.5 Å². The van der Waals surface area contributed by atoms with Crippen molar-refractivity contribution in [3.05, 3.63) is 0 Å². The molecule has 1 aliphatic rings. The molecule has 0 radical (unpaired) electrons. The molecule has 1 aliphatic heterocycles. The topological polar surface area (TPSA) is 29.3 Å². The van der Waals surface area contributed by atoms with Crippen LogP contribution in [0.1, 0.15) is 1.43 Å². The summed E-state index contributed by atoms with van der Waals surface area (Å²) < 4.78 is 24.1. The first-order valence-corrected chi connectivity index (χ1v) is 2.94. The Morgan fingerprint density at radius 1 is 1.56 bits per heavy atom. The van der Waals surface area contributed by atoms with Gasteiger partial charge in [0.25, 0.3) is 5.92 Å². The third kappa shape index (κ3) is 1.59. The number of nitrogens with zero attached hydrogens (tertiary/aromatic N) is 1. The Hall–Kier alpha value is -0.220.